The van der Waals surface area contributed by atoms with Crippen LogP contribution in [0.1, 0.15) is 17.3 Å². The van der Waals surface area contributed by atoms with Gasteiger partial charge in [0.2, 0.25) is 0 Å². The molecule has 1 aliphatic heterocycles. The summed E-state index contributed by atoms with van der Waals surface area (Å²) in [6, 6.07) is 70.7. The summed E-state index contributed by atoms with van der Waals surface area (Å²) in [5.41, 5.74) is 15.7. The lowest BCUT2D eigenvalue weighted by molar-refractivity contribution is 0.292. The molecule has 1 unspecified atom stereocenters. The normalized spacial score (nSPS) is 14.5. The molecule has 272 valence electrons. The molecule has 4 heteroatoms. The van der Waals surface area contributed by atoms with Crippen molar-refractivity contribution in [1.29, 1.82) is 0 Å². The first kappa shape index (κ1) is 33.2. The van der Waals surface area contributed by atoms with Gasteiger partial charge in [0, 0.05) is 52.2 Å². The average molecular weight is 733 g/mol. The average Bonchev–Trinajstić information content (AvgIpc) is 3.79. The molecule has 8 aromatic carbocycles. The van der Waals surface area contributed by atoms with Crippen LogP contribution < -0.4 is 5.32 Å². The van der Waals surface area contributed by atoms with Gasteiger partial charge in [0.1, 0.15) is 6.17 Å². The first-order valence-corrected chi connectivity index (χ1v) is 19.7. The molecule has 1 N–H and O–H groups in total. The van der Waals surface area contributed by atoms with Crippen LogP contribution in [-0.4, -0.2) is 27.6 Å². The summed E-state index contributed by atoms with van der Waals surface area (Å²) in [4.78, 5) is 2.37. The Morgan fingerprint density at radius 1 is 0.404 bits per heavy atom. The van der Waals surface area contributed by atoms with E-state index < -0.39 is 0 Å². The van der Waals surface area contributed by atoms with Crippen molar-refractivity contribution in [3.05, 3.63) is 211 Å². The van der Waals surface area contributed by atoms with Crippen LogP contribution in [0.4, 0.5) is 0 Å². The highest BCUT2D eigenvalue weighted by atomic mass is 15.3. The van der Waals surface area contributed by atoms with Gasteiger partial charge in [-0.25, -0.2) is 0 Å². The van der Waals surface area contributed by atoms with Gasteiger partial charge in [0.05, 0.1) is 22.1 Å². The molecule has 0 fully saturated rings. The minimum atomic E-state index is 0.0289. The Kier molecular flexibility index (Phi) is 7.90. The molecular weight excluding hydrogens is 693 g/mol. The summed E-state index contributed by atoms with van der Waals surface area (Å²) < 4.78 is 4.80. The number of benzene rings is 8. The van der Waals surface area contributed by atoms with Crippen LogP contribution in [0.25, 0.3) is 82.9 Å². The lowest BCUT2D eigenvalue weighted by atomic mass is 10.0. The van der Waals surface area contributed by atoms with Crippen molar-refractivity contribution in [2.75, 3.05) is 13.6 Å². The molecule has 1 aliphatic rings. The van der Waals surface area contributed by atoms with Gasteiger partial charge < -0.3 is 14.0 Å². The number of aromatic nitrogens is 2. The zero-order valence-electron chi connectivity index (χ0n) is 31.7. The summed E-state index contributed by atoms with van der Waals surface area (Å²) in [5, 5.41) is 8.78. The highest BCUT2D eigenvalue weighted by molar-refractivity contribution is 6.12. The molecule has 0 amide bonds. The van der Waals surface area contributed by atoms with E-state index >= 15 is 0 Å². The molecule has 4 nitrogen and oxygen atoms in total. The van der Waals surface area contributed by atoms with Crippen molar-refractivity contribution >= 4 is 49.3 Å². The van der Waals surface area contributed by atoms with Crippen LogP contribution in [0.5, 0.6) is 0 Å². The van der Waals surface area contributed by atoms with E-state index in [-0.39, 0.29) is 6.17 Å². The minimum Gasteiger partial charge on any atom is -0.355 e. The second-order valence-electron chi connectivity index (χ2n) is 15.1. The van der Waals surface area contributed by atoms with Crippen LogP contribution in [-0.2, 0) is 0 Å². The van der Waals surface area contributed by atoms with E-state index in [9.17, 15) is 0 Å². The van der Waals surface area contributed by atoms with Crippen LogP contribution >= 0.6 is 0 Å². The summed E-state index contributed by atoms with van der Waals surface area (Å²) in [6.45, 7) is 0.797. The summed E-state index contributed by atoms with van der Waals surface area (Å²) >= 11 is 0. The quantitative estimate of drug-likeness (QED) is 0.184. The van der Waals surface area contributed by atoms with Gasteiger partial charge in [0.15, 0.2) is 0 Å². The third-order valence-corrected chi connectivity index (χ3v) is 11.8. The maximum Gasteiger partial charge on any atom is 0.106 e. The van der Waals surface area contributed by atoms with E-state index in [4.69, 9.17) is 0 Å². The SMILES string of the molecule is CN1C(c2ccc(-c3ccccc3)cc2)=CCNC1c1cccc(-n2c3ccccc3c3cc(-c4ccc5c(c4)c4ccccc4n5-c4ccccc4)ccc32)c1. The van der Waals surface area contributed by atoms with Gasteiger partial charge in [-0.3, -0.25) is 5.32 Å². The number of nitrogens with zero attached hydrogens (tertiary/aromatic N) is 3. The molecular formula is C53H40N4. The van der Waals surface area contributed by atoms with E-state index in [1.807, 2.05) is 0 Å². The lowest BCUT2D eigenvalue weighted by Gasteiger charge is -2.37. The summed E-state index contributed by atoms with van der Waals surface area (Å²) in [7, 11) is 2.19. The highest BCUT2D eigenvalue weighted by Crippen LogP contribution is 2.39. The first-order valence-electron chi connectivity index (χ1n) is 19.7. The Morgan fingerprint density at radius 2 is 0.895 bits per heavy atom. The Hall–Kier alpha value is -7.14. The number of hydrogen-bond donors (Lipinski definition) is 1. The monoisotopic (exact) mass is 732 g/mol. The van der Waals surface area contributed by atoms with Gasteiger partial charge >= 0.3 is 0 Å². The number of hydrogen-bond acceptors (Lipinski definition) is 2. The van der Waals surface area contributed by atoms with Crippen molar-refractivity contribution in [2.45, 2.75) is 6.17 Å². The maximum atomic E-state index is 3.77. The Balaban J connectivity index is 0.959. The predicted octanol–water partition coefficient (Wildman–Crippen LogP) is 12.8. The molecule has 57 heavy (non-hydrogen) atoms. The third-order valence-electron chi connectivity index (χ3n) is 11.8. The van der Waals surface area contributed by atoms with Gasteiger partial charge in [-0.1, -0.05) is 133 Å². The first-order chi connectivity index (χ1) is 28.2. The molecule has 0 aliphatic carbocycles. The van der Waals surface area contributed by atoms with E-state index in [1.54, 1.807) is 0 Å². The molecule has 0 saturated carbocycles. The number of fused-ring (bicyclic) bond motifs is 6. The largest absolute Gasteiger partial charge is 0.355 e. The van der Waals surface area contributed by atoms with Gasteiger partial charge in [-0.15, -0.1) is 0 Å². The predicted molar refractivity (Wildman–Crippen MR) is 239 cm³/mol. The molecule has 0 bridgehead atoms. The number of para-hydroxylation sites is 3. The second kappa shape index (κ2) is 13.6. The van der Waals surface area contributed by atoms with Gasteiger partial charge in [-0.2, -0.15) is 0 Å². The van der Waals surface area contributed by atoms with Crippen molar-refractivity contribution < 1.29 is 0 Å². The zero-order valence-corrected chi connectivity index (χ0v) is 31.7. The molecule has 10 aromatic rings. The van der Waals surface area contributed by atoms with Gasteiger partial charge in [0.25, 0.3) is 0 Å². The molecule has 1 atom stereocenters. The fraction of sp³-hybridized carbons (Fsp3) is 0.0566. The fourth-order valence-corrected chi connectivity index (χ4v) is 9.09. The van der Waals surface area contributed by atoms with Crippen molar-refractivity contribution in [3.63, 3.8) is 0 Å². The molecule has 0 spiro atoms. The molecule has 2 aromatic heterocycles. The molecule has 0 saturated heterocycles. The fourth-order valence-electron chi connectivity index (χ4n) is 9.09. The van der Waals surface area contributed by atoms with Crippen LogP contribution in [0.3, 0.4) is 0 Å². The highest BCUT2D eigenvalue weighted by Gasteiger charge is 2.24. The maximum absolute atomic E-state index is 3.77. The van der Waals surface area contributed by atoms with E-state index in [1.165, 1.54) is 88.4 Å². The smallest absolute Gasteiger partial charge is 0.106 e. The molecule has 0 radical (unpaired) electrons. The van der Waals surface area contributed by atoms with E-state index in [2.05, 4.69) is 227 Å². The van der Waals surface area contributed by atoms with Crippen LogP contribution in [0.2, 0.25) is 0 Å². The Labute approximate surface area is 332 Å². The summed E-state index contributed by atoms with van der Waals surface area (Å²) in [6.07, 6.45) is 2.32. The molecule has 11 rings (SSSR count). The third kappa shape index (κ3) is 5.56. The minimum absolute atomic E-state index is 0.0289. The van der Waals surface area contributed by atoms with E-state index in [0.717, 1.165) is 12.2 Å². The lowest BCUT2D eigenvalue weighted by Crippen LogP contribution is -2.39. The van der Waals surface area contributed by atoms with E-state index in [0.29, 0.717) is 0 Å². The second-order valence-corrected chi connectivity index (χ2v) is 15.1. The number of nitrogens with one attached hydrogen (secondary N) is 1. The van der Waals surface area contributed by atoms with Crippen molar-refractivity contribution in [3.8, 4) is 33.6 Å². The molecule has 3 heterocycles. The number of rotatable bonds is 6. The van der Waals surface area contributed by atoms with Crippen LogP contribution in [0.15, 0.2) is 200 Å². The zero-order chi connectivity index (χ0) is 37.9. The van der Waals surface area contributed by atoms with Crippen molar-refractivity contribution in [2.24, 2.45) is 0 Å². The standard InChI is InChI=1S/C53H40N4/c1-55-48(38-25-23-37(24-26-38)36-13-4-2-5-14-36)31-32-54-53(55)41-15-12-18-43(33-41)57-50-22-11-9-20-45(50)47-35-40(28-30-52(47)57)39-27-29-51-46(34-39)44-19-8-10-21-49(44)56(51)42-16-6-3-7-17-42/h2-31,33-35,53-54H,32H2,1H3. The van der Waals surface area contributed by atoms with Crippen LogP contribution in [0, 0.1) is 0 Å². The van der Waals surface area contributed by atoms with Gasteiger partial charge in [-0.05, 0) is 100 Å². The Bertz CT molecular complexity index is 3130. The van der Waals surface area contributed by atoms with Crippen molar-refractivity contribution in [1.82, 2.24) is 19.4 Å². The summed E-state index contributed by atoms with van der Waals surface area (Å²) in [5.74, 6) is 0. The Morgan fingerprint density at radius 3 is 1.54 bits per heavy atom. The topological polar surface area (TPSA) is 25.1 Å².